The zero-order chi connectivity index (χ0) is 15.4. The Morgan fingerprint density at radius 2 is 1.95 bits per heavy atom. The largest absolute Gasteiger partial charge is 0.372 e. The highest BCUT2D eigenvalue weighted by molar-refractivity contribution is 9.10. The zero-order valence-corrected chi connectivity index (χ0v) is 15.4. The minimum atomic E-state index is 0.388. The van der Waals surface area contributed by atoms with E-state index in [1.807, 2.05) is 0 Å². The molecule has 21 heavy (non-hydrogen) atoms. The predicted octanol–water partition coefficient (Wildman–Crippen LogP) is 5.13. The first-order chi connectivity index (χ1) is 10.0. The lowest BCUT2D eigenvalue weighted by molar-refractivity contribution is 0.341. The van der Waals surface area contributed by atoms with Crippen molar-refractivity contribution in [3.05, 3.63) is 28.2 Å². The van der Waals surface area contributed by atoms with Gasteiger partial charge in [0.05, 0.1) is 0 Å². The highest BCUT2D eigenvalue weighted by Gasteiger charge is 2.22. The van der Waals surface area contributed by atoms with E-state index in [1.54, 1.807) is 0 Å². The number of nitrogens with one attached hydrogen (secondary N) is 1. The number of hydrogen-bond acceptors (Lipinski definition) is 2. The van der Waals surface area contributed by atoms with Crippen LogP contribution < -0.4 is 10.2 Å². The first-order valence-electron chi connectivity index (χ1n) is 8.28. The van der Waals surface area contributed by atoms with Crippen molar-refractivity contribution in [3.8, 4) is 0 Å². The van der Waals surface area contributed by atoms with Gasteiger partial charge in [-0.3, -0.25) is 0 Å². The van der Waals surface area contributed by atoms with Gasteiger partial charge in [-0.25, -0.2) is 0 Å². The van der Waals surface area contributed by atoms with Crippen LogP contribution in [0.2, 0.25) is 0 Å². The summed E-state index contributed by atoms with van der Waals surface area (Å²) in [6.07, 6.45) is 5.38. The van der Waals surface area contributed by atoms with Crippen LogP contribution in [0.15, 0.2) is 22.7 Å². The molecule has 0 aromatic heterocycles. The van der Waals surface area contributed by atoms with E-state index in [2.05, 4.69) is 72.2 Å². The number of anilines is 1. The summed E-state index contributed by atoms with van der Waals surface area (Å²) in [7, 11) is 2.25. The molecule has 0 aliphatic heterocycles. The molecule has 1 aromatic rings. The number of hydrogen-bond donors (Lipinski definition) is 1. The van der Waals surface area contributed by atoms with Gasteiger partial charge in [-0.2, -0.15) is 0 Å². The van der Waals surface area contributed by atoms with Gasteiger partial charge < -0.3 is 10.2 Å². The summed E-state index contributed by atoms with van der Waals surface area (Å²) in [6.45, 7) is 7.74. The monoisotopic (exact) mass is 352 g/mol. The smallest absolute Gasteiger partial charge is 0.0377 e. The fourth-order valence-corrected chi connectivity index (χ4v) is 4.05. The molecule has 1 aliphatic rings. The standard InChI is InChI=1S/C18H29BrN2/c1-5-20-14(3)17-11-10-16(12-18(17)19)21(4)15-8-6-13(2)7-9-15/h10-15,20H,5-9H2,1-4H3. The minimum absolute atomic E-state index is 0.388. The van der Waals surface area contributed by atoms with E-state index in [9.17, 15) is 0 Å². The maximum Gasteiger partial charge on any atom is 0.0377 e. The second kappa shape index (κ2) is 7.64. The molecular weight excluding hydrogens is 324 g/mol. The second-order valence-corrected chi connectivity index (χ2v) is 7.36. The van der Waals surface area contributed by atoms with Gasteiger partial charge in [-0.15, -0.1) is 0 Å². The van der Waals surface area contributed by atoms with E-state index in [4.69, 9.17) is 0 Å². The lowest BCUT2D eigenvalue weighted by atomic mass is 9.86. The highest BCUT2D eigenvalue weighted by atomic mass is 79.9. The summed E-state index contributed by atoms with van der Waals surface area (Å²) in [5.74, 6) is 0.907. The van der Waals surface area contributed by atoms with Crippen LogP contribution in [0.25, 0.3) is 0 Å². The summed E-state index contributed by atoms with van der Waals surface area (Å²) < 4.78 is 1.21. The zero-order valence-electron chi connectivity index (χ0n) is 13.8. The molecule has 1 aliphatic carbocycles. The van der Waals surface area contributed by atoms with Crippen molar-refractivity contribution >= 4 is 21.6 Å². The summed E-state index contributed by atoms with van der Waals surface area (Å²) in [4.78, 5) is 2.47. The van der Waals surface area contributed by atoms with E-state index in [-0.39, 0.29) is 0 Å². The molecule has 3 heteroatoms. The van der Waals surface area contributed by atoms with E-state index in [1.165, 1.54) is 41.4 Å². The third-order valence-electron chi connectivity index (χ3n) is 4.90. The molecule has 118 valence electrons. The highest BCUT2D eigenvalue weighted by Crippen LogP contribution is 2.32. The maximum atomic E-state index is 3.75. The molecular formula is C18H29BrN2. The van der Waals surface area contributed by atoms with Gasteiger partial charge in [0.2, 0.25) is 0 Å². The van der Waals surface area contributed by atoms with Gasteiger partial charge in [0, 0.05) is 29.3 Å². The van der Waals surface area contributed by atoms with Crippen LogP contribution in [-0.4, -0.2) is 19.6 Å². The number of halogens is 1. The average molecular weight is 353 g/mol. The molecule has 1 saturated carbocycles. The van der Waals surface area contributed by atoms with Crippen LogP contribution >= 0.6 is 15.9 Å². The SMILES string of the molecule is CCNC(C)c1ccc(N(C)C2CCC(C)CC2)cc1Br. The molecule has 2 nitrogen and oxygen atoms in total. The Labute approximate surface area is 138 Å². The number of benzene rings is 1. The molecule has 1 unspecified atom stereocenters. The van der Waals surface area contributed by atoms with E-state index in [0.29, 0.717) is 12.1 Å². The Morgan fingerprint density at radius 3 is 2.52 bits per heavy atom. The van der Waals surface area contributed by atoms with Crippen LogP contribution in [0.1, 0.15) is 58.1 Å². The van der Waals surface area contributed by atoms with Crippen molar-refractivity contribution in [1.29, 1.82) is 0 Å². The molecule has 0 amide bonds. The first-order valence-corrected chi connectivity index (χ1v) is 9.07. The molecule has 0 spiro atoms. The third kappa shape index (κ3) is 4.23. The Morgan fingerprint density at radius 1 is 1.29 bits per heavy atom. The van der Waals surface area contributed by atoms with E-state index < -0.39 is 0 Å². The van der Waals surface area contributed by atoms with Crippen molar-refractivity contribution in [2.75, 3.05) is 18.5 Å². The third-order valence-corrected chi connectivity index (χ3v) is 5.59. The quantitative estimate of drug-likeness (QED) is 0.789. The molecule has 0 bridgehead atoms. The molecule has 1 atom stereocenters. The summed E-state index contributed by atoms with van der Waals surface area (Å²) >= 11 is 3.75. The summed E-state index contributed by atoms with van der Waals surface area (Å²) in [6, 6.07) is 7.89. The first kappa shape index (κ1) is 16.8. The van der Waals surface area contributed by atoms with Crippen molar-refractivity contribution < 1.29 is 0 Å². The normalized spacial score (nSPS) is 23.9. The Balaban J connectivity index is 2.08. The van der Waals surface area contributed by atoms with Crippen LogP contribution in [-0.2, 0) is 0 Å². The summed E-state index contributed by atoms with van der Waals surface area (Å²) in [5.41, 5.74) is 2.67. The van der Waals surface area contributed by atoms with Crippen LogP contribution in [0.4, 0.5) is 5.69 Å². The number of rotatable bonds is 5. The Hall–Kier alpha value is -0.540. The molecule has 0 heterocycles. The molecule has 1 aromatic carbocycles. The van der Waals surface area contributed by atoms with Crippen LogP contribution in [0.5, 0.6) is 0 Å². The molecule has 0 saturated heterocycles. The fraction of sp³-hybridized carbons (Fsp3) is 0.667. The topological polar surface area (TPSA) is 15.3 Å². The van der Waals surface area contributed by atoms with Gasteiger partial charge in [0.25, 0.3) is 0 Å². The van der Waals surface area contributed by atoms with Crippen molar-refractivity contribution in [2.45, 2.75) is 58.5 Å². The fourth-order valence-electron chi connectivity index (χ4n) is 3.34. The summed E-state index contributed by atoms with van der Waals surface area (Å²) in [5, 5.41) is 3.48. The lowest BCUT2D eigenvalue weighted by Gasteiger charge is -2.35. The van der Waals surface area contributed by atoms with Crippen molar-refractivity contribution in [3.63, 3.8) is 0 Å². The second-order valence-electron chi connectivity index (χ2n) is 6.51. The molecule has 2 rings (SSSR count). The Bertz CT molecular complexity index is 453. The minimum Gasteiger partial charge on any atom is -0.372 e. The van der Waals surface area contributed by atoms with Crippen LogP contribution in [0.3, 0.4) is 0 Å². The maximum absolute atomic E-state index is 3.75. The molecule has 0 radical (unpaired) electrons. The lowest BCUT2D eigenvalue weighted by Crippen LogP contribution is -2.34. The number of nitrogens with zero attached hydrogens (tertiary/aromatic N) is 1. The van der Waals surface area contributed by atoms with Gasteiger partial charge in [0.15, 0.2) is 0 Å². The predicted molar refractivity (Wildman–Crippen MR) is 96.1 cm³/mol. The average Bonchev–Trinajstić information content (AvgIpc) is 2.47. The van der Waals surface area contributed by atoms with Crippen LogP contribution in [0, 0.1) is 5.92 Å². The van der Waals surface area contributed by atoms with Crippen molar-refractivity contribution in [1.82, 2.24) is 5.32 Å². The molecule has 1 fully saturated rings. The van der Waals surface area contributed by atoms with E-state index >= 15 is 0 Å². The Kier molecular flexibility index (Phi) is 6.12. The van der Waals surface area contributed by atoms with Gasteiger partial charge in [-0.05, 0) is 62.8 Å². The van der Waals surface area contributed by atoms with Gasteiger partial charge >= 0.3 is 0 Å². The van der Waals surface area contributed by atoms with Crippen molar-refractivity contribution in [2.24, 2.45) is 5.92 Å². The van der Waals surface area contributed by atoms with Gasteiger partial charge in [0.1, 0.15) is 0 Å². The van der Waals surface area contributed by atoms with Gasteiger partial charge in [-0.1, -0.05) is 35.8 Å². The van der Waals surface area contributed by atoms with E-state index in [0.717, 1.165) is 12.5 Å². The molecule has 1 N–H and O–H groups in total.